The lowest BCUT2D eigenvalue weighted by Gasteiger charge is -2.25. The van der Waals surface area contributed by atoms with Gasteiger partial charge in [-0.15, -0.1) is 0 Å². The van der Waals surface area contributed by atoms with Crippen molar-refractivity contribution in [3.8, 4) is 5.75 Å². The third-order valence-corrected chi connectivity index (χ3v) is 5.89. The summed E-state index contributed by atoms with van der Waals surface area (Å²) in [5, 5.41) is 11.2. The summed E-state index contributed by atoms with van der Waals surface area (Å²) in [5.74, 6) is -1.48. The zero-order valence-corrected chi connectivity index (χ0v) is 18.7. The van der Waals surface area contributed by atoms with E-state index in [4.69, 9.17) is 14.2 Å². The Hall–Kier alpha value is -3.65. The van der Waals surface area contributed by atoms with Crippen LogP contribution in [0.5, 0.6) is 5.75 Å². The summed E-state index contributed by atoms with van der Waals surface area (Å²) >= 11 is 0. The first-order valence-corrected chi connectivity index (χ1v) is 10.6. The second-order valence-corrected chi connectivity index (χ2v) is 8.05. The number of likely N-dealkylation sites (tertiary alicyclic amines) is 1. The van der Waals surface area contributed by atoms with E-state index in [2.05, 4.69) is 0 Å². The number of nitrogens with zero attached hydrogens (tertiary/aromatic N) is 1. The average Bonchev–Trinajstić information content (AvgIpc) is 3.32. The molecule has 33 heavy (non-hydrogen) atoms. The van der Waals surface area contributed by atoms with Gasteiger partial charge in [-0.3, -0.25) is 9.59 Å². The van der Waals surface area contributed by atoms with Crippen LogP contribution in [0.15, 0.2) is 48.0 Å². The molecule has 0 aromatic heterocycles. The number of ketones is 1. The lowest BCUT2D eigenvalue weighted by Crippen LogP contribution is -2.32. The number of carbonyl (C=O) groups excluding carboxylic acids is 3. The Bertz CT molecular complexity index is 1140. The fourth-order valence-electron chi connectivity index (χ4n) is 4.29. The fourth-order valence-corrected chi connectivity index (χ4v) is 4.29. The number of rotatable bonds is 6. The zero-order valence-electron chi connectivity index (χ0n) is 18.7. The summed E-state index contributed by atoms with van der Waals surface area (Å²) in [5.41, 5.74) is 2.28. The van der Waals surface area contributed by atoms with Crippen LogP contribution in [-0.4, -0.2) is 61.1 Å². The van der Waals surface area contributed by atoms with Gasteiger partial charge in [0.1, 0.15) is 17.6 Å². The predicted molar refractivity (Wildman–Crippen MR) is 119 cm³/mol. The molecule has 0 saturated carbocycles. The number of aliphatic hydroxyl groups is 1. The molecule has 0 bridgehead atoms. The Morgan fingerprint density at radius 2 is 1.82 bits per heavy atom. The number of benzene rings is 2. The van der Waals surface area contributed by atoms with Gasteiger partial charge in [0.25, 0.3) is 11.7 Å². The largest absolute Gasteiger partial charge is 0.507 e. The number of methoxy groups -OCH3 is 2. The zero-order chi connectivity index (χ0) is 23.7. The van der Waals surface area contributed by atoms with Gasteiger partial charge in [-0.1, -0.05) is 12.1 Å². The topological polar surface area (TPSA) is 102 Å². The first-order valence-electron chi connectivity index (χ1n) is 10.6. The van der Waals surface area contributed by atoms with Crippen molar-refractivity contribution in [2.24, 2.45) is 0 Å². The highest BCUT2D eigenvalue weighted by atomic mass is 16.5. The number of carbonyl (C=O) groups is 3. The van der Waals surface area contributed by atoms with Crippen LogP contribution in [0, 0.1) is 0 Å². The Morgan fingerprint density at radius 1 is 1.12 bits per heavy atom. The predicted octanol–water partition coefficient (Wildman–Crippen LogP) is 2.86. The number of fused-ring (bicyclic) bond motifs is 1. The minimum Gasteiger partial charge on any atom is -0.507 e. The minimum absolute atomic E-state index is 0.00571. The molecule has 0 radical (unpaired) electrons. The molecule has 8 nitrogen and oxygen atoms in total. The van der Waals surface area contributed by atoms with E-state index in [0.717, 1.165) is 11.3 Å². The molecule has 2 atom stereocenters. The normalized spacial score (nSPS) is 21.1. The van der Waals surface area contributed by atoms with Crippen molar-refractivity contribution >= 4 is 23.4 Å². The van der Waals surface area contributed by atoms with Crippen LogP contribution >= 0.6 is 0 Å². The second-order valence-electron chi connectivity index (χ2n) is 8.05. The standard InChI is InChI=1S/C25H25NO7/c1-14-12-18-13-17(8-9-19(18)33-14)22(27)20-21(26(10-11-31-2)24(29)23(20)28)15-4-6-16(7-5-15)25(30)32-3/h4-9,13-14,21,27H,10-12H2,1-3H3/b22-20+/t14-,21-/m1/s1. The Labute approximate surface area is 191 Å². The molecular weight excluding hydrogens is 426 g/mol. The van der Waals surface area contributed by atoms with Gasteiger partial charge in [-0.05, 0) is 48.4 Å². The van der Waals surface area contributed by atoms with Crippen LogP contribution in [0.2, 0.25) is 0 Å². The van der Waals surface area contributed by atoms with Gasteiger partial charge in [0, 0.05) is 25.6 Å². The summed E-state index contributed by atoms with van der Waals surface area (Å²) in [7, 11) is 2.79. The lowest BCUT2D eigenvalue weighted by atomic mass is 9.94. The summed E-state index contributed by atoms with van der Waals surface area (Å²) in [4.78, 5) is 39.1. The molecule has 1 N–H and O–H groups in total. The van der Waals surface area contributed by atoms with Crippen molar-refractivity contribution in [2.45, 2.75) is 25.5 Å². The van der Waals surface area contributed by atoms with Gasteiger partial charge in [0.05, 0.1) is 30.9 Å². The molecule has 8 heteroatoms. The number of amides is 1. The van der Waals surface area contributed by atoms with Crippen LogP contribution in [-0.2, 0) is 25.5 Å². The van der Waals surface area contributed by atoms with E-state index in [-0.39, 0.29) is 30.6 Å². The summed E-state index contributed by atoms with van der Waals surface area (Å²) in [6.45, 7) is 2.34. The Kier molecular flexibility index (Phi) is 6.20. The number of esters is 1. The second kappa shape index (κ2) is 9.07. The highest BCUT2D eigenvalue weighted by molar-refractivity contribution is 6.46. The van der Waals surface area contributed by atoms with Gasteiger partial charge in [0.15, 0.2) is 0 Å². The van der Waals surface area contributed by atoms with E-state index in [1.165, 1.54) is 19.1 Å². The van der Waals surface area contributed by atoms with E-state index in [1.54, 1.807) is 42.5 Å². The third kappa shape index (κ3) is 4.09. The average molecular weight is 451 g/mol. The first-order chi connectivity index (χ1) is 15.8. The molecule has 2 aliphatic rings. The molecule has 2 heterocycles. The number of Topliss-reactive ketones (excluding diaryl/α,β-unsaturated/α-hetero) is 1. The quantitative estimate of drug-likeness (QED) is 0.312. The van der Waals surface area contributed by atoms with Crippen LogP contribution in [0.1, 0.15) is 40.0 Å². The van der Waals surface area contributed by atoms with E-state index < -0.39 is 23.7 Å². The van der Waals surface area contributed by atoms with Crippen molar-refractivity contribution in [3.05, 3.63) is 70.3 Å². The molecule has 0 spiro atoms. The maximum absolute atomic E-state index is 13.0. The van der Waals surface area contributed by atoms with Crippen molar-refractivity contribution in [1.82, 2.24) is 4.90 Å². The van der Waals surface area contributed by atoms with Crippen LogP contribution in [0.4, 0.5) is 0 Å². The fraction of sp³-hybridized carbons (Fsp3) is 0.320. The van der Waals surface area contributed by atoms with Gasteiger partial charge >= 0.3 is 5.97 Å². The van der Waals surface area contributed by atoms with Crippen LogP contribution in [0.3, 0.4) is 0 Å². The summed E-state index contributed by atoms with van der Waals surface area (Å²) < 4.78 is 15.6. The molecule has 0 aliphatic carbocycles. The molecule has 2 aromatic carbocycles. The van der Waals surface area contributed by atoms with E-state index in [1.807, 2.05) is 6.92 Å². The molecule has 2 aromatic rings. The monoisotopic (exact) mass is 451 g/mol. The molecule has 1 amide bonds. The molecule has 1 fully saturated rings. The van der Waals surface area contributed by atoms with Gasteiger partial charge in [0.2, 0.25) is 0 Å². The van der Waals surface area contributed by atoms with E-state index >= 15 is 0 Å². The van der Waals surface area contributed by atoms with Gasteiger partial charge in [-0.25, -0.2) is 4.79 Å². The first kappa shape index (κ1) is 22.5. The van der Waals surface area contributed by atoms with Crippen LogP contribution < -0.4 is 4.74 Å². The smallest absolute Gasteiger partial charge is 0.337 e. The summed E-state index contributed by atoms with van der Waals surface area (Å²) in [6, 6.07) is 10.8. The highest BCUT2D eigenvalue weighted by Gasteiger charge is 2.46. The van der Waals surface area contributed by atoms with Gasteiger partial charge in [-0.2, -0.15) is 0 Å². The van der Waals surface area contributed by atoms with E-state index in [0.29, 0.717) is 23.1 Å². The number of aliphatic hydroxyl groups excluding tert-OH is 1. The lowest BCUT2D eigenvalue weighted by molar-refractivity contribution is -0.140. The van der Waals surface area contributed by atoms with E-state index in [9.17, 15) is 19.5 Å². The molecular formula is C25H25NO7. The van der Waals surface area contributed by atoms with Crippen molar-refractivity contribution in [2.75, 3.05) is 27.4 Å². The SMILES string of the molecule is COCCN1C(=O)C(=O)/C(=C(/O)c2ccc3c(c2)C[C@@H](C)O3)[C@H]1c1ccc(C(=O)OC)cc1. The molecule has 172 valence electrons. The summed E-state index contributed by atoms with van der Waals surface area (Å²) in [6.07, 6.45) is 0.724. The van der Waals surface area contributed by atoms with Crippen LogP contribution in [0.25, 0.3) is 5.76 Å². The Morgan fingerprint density at radius 3 is 2.48 bits per heavy atom. The number of ether oxygens (including phenoxy) is 3. The Balaban J connectivity index is 1.80. The minimum atomic E-state index is -0.824. The third-order valence-electron chi connectivity index (χ3n) is 5.89. The molecule has 4 rings (SSSR count). The molecule has 1 saturated heterocycles. The van der Waals surface area contributed by atoms with Crippen molar-refractivity contribution in [3.63, 3.8) is 0 Å². The molecule has 0 unspecified atom stereocenters. The maximum atomic E-state index is 13.0. The maximum Gasteiger partial charge on any atom is 0.337 e. The number of hydrogen-bond donors (Lipinski definition) is 1. The molecule has 2 aliphatic heterocycles. The van der Waals surface area contributed by atoms with Gasteiger partial charge < -0.3 is 24.2 Å². The van der Waals surface area contributed by atoms with Crippen molar-refractivity contribution < 1.29 is 33.7 Å². The number of hydrogen-bond acceptors (Lipinski definition) is 7. The highest BCUT2D eigenvalue weighted by Crippen LogP contribution is 2.40. The van der Waals surface area contributed by atoms with Crippen molar-refractivity contribution in [1.29, 1.82) is 0 Å².